The van der Waals surface area contributed by atoms with Crippen molar-refractivity contribution in [3.8, 4) is 5.75 Å². The van der Waals surface area contributed by atoms with E-state index in [9.17, 15) is 14.4 Å². The van der Waals surface area contributed by atoms with Gasteiger partial charge < -0.3 is 26.0 Å². The number of urea groups is 1. The number of hydrogen-bond acceptors (Lipinski definition) is 4. The van der Waals surface area contributed by atoms with Gasteiger partial charge in [0.25, 0.3) is 5.91 Å². The molecule has 0 aliphatic rings. The molecule has 4 amide bonds. The van der Waals surface area contributed by atoms with Crippen molar-refractivity contribution in [2.75, 3.05) is 25.5 Å². The number of hydrogen-bond donors (Lipinski definition) is 4. The van der Waals surface area contributed by atoms with Crippen molar-refractivity contribution < 1.29 is 19.1 Å². The minimum absolute atomic E-state index is 0.173. The third-order valence-electron chi connectivity index (χ3n) is 3.78. The molecule has 148 valence electrons. The Balaban J connectivity index is 1.65. The van der Waals surface area contributed by atoms with Crippen LogP contribution in [0.4, 0.5) is 10.5 Å². The van der Waals surface area contributed by atoms with Crippen LogP contribution >= 0.6 is 0 Å². The Kier molecular flexibility index (Phi) is 7.83. The number of rotatable bonds is 8. The number of nitrogens with one attached hydrogen (secondary N) is 4. The van der Waals surface area contributed by atoms with Crippen molar-refractivity contribution in [1.29, 1.82) is 0 Å². The highest BCUT2D eigenvalue weighted by molar-refractivity contribution is 5.95. The van der Waals surface area contributed by atoms with E-state index < -0.39 is 0 Å². The zero-order valence-electron chi connectivity index (χ0n) is 15.9. The standard InChI is InChI=1S/C20H24N4O4/c1-14(25)24-17-7-5-16(6-8-17)19(26)21-11-12-22-20(27)23-13-15-3-9-18(28-2)10-4-15/h3-10H,11-13H2,1-2H3,(H,21,26)(H,24,25)(H2,22,23,27). The third kappa shape index (κ3) is 6.99. The number of carbonyl (C=O) groups excluding carboxylic acids is 3. The zero-order chi connectivity index (χ0) is 20.4. The number of methoxy groups -OCH3 is 1. The maximum absolute atomic E-state index is 12.0. The van der Waals surface area contributed by atoms with Gasteiger partial charge in [0.05, 0.1) is 7.11 Å². The molecule has 0 heterocycles. The maximum Gasteiger partial charge on any atom is 0.315 e. The molecule has 0 saturated carbocycles. The first-order valence-corrected chi connectivity index (χ1v) is 8.78. The Morgan fingerprint density at radius 2 is 1.50 bits per heavy atom. The van der Waals surface area contributed by atoms with Gasteiger partial charge in [-0.05, 0) is 42.0 Å². The molecule has 0 saturated heterocycles. The topological polar surface area (TPSA) is 109 Å². The summed E-state index contributed by atoms with van der Waals surface area (Å²) in [6, 6.07) is 13.6. The van der Waals surface area contributed by atoms with Crippen LogP contribution in [0.1, 0.15) is 22.8 Å². The molecule has 4 N–H and O–H groups in total. The molecule has 0 unspecified atom stereocenters. The molecule has 2 aromatic carbocycles. The minimum Gasteiger partial charge on any atom is -0.497 e. The van der Waals surface area contributed by atoms with Gasteiger partial charge in [-0.25, -0.2) is 4.79 Å². The third-order valence-corrected chi connectivity index (χ3v) is 3.78. The van der Waals surface area contributed by atoms with Crippen LogP contribution < -0.4 is 26.0 Å². The van der Waals surface area contributed by atoms with E-state index in [0.29, 0.717) is 30.9 Å². The summed E-state index contributed by atoms with van der Waals surface area (Å²) in [4.78, 5) is 34.8. The molecule has 28 heavy (non-hydrogen) atoms. The molecule has 0 bridgehead atoms. The predicted octanol–water partition coefficient (Wildman–Crippen LogP) is 1.88. The number of ether oxygens (including phenoxy) is 1. The fourth-order valence-electron chi connectivity index (χ4n) is 2.35. The first kappa shape index (κ1) is 20.8. The average Bonchev–Trinajstić information content (AvgIpc) is 2.70. The number of carbonyl (C=O) groups is 3. The molecule has 2 rings (SSSR count). The summed E-state index contributed by atoms with van der Waals surface area (Å²) in [7, 11) is 1.60. The van der Waals surface area contributed by atoms with Gasteiger partial charge in [-0.15, -0.1) is 0 Å². The van der Waals surface area contributed by atoms with Crippen molar-refractivity contribution in [3.05, 3.63) is 59.7 Å². The van der Waals surface area contributed by atoms with Crippen LogP contribution in [0.5, 0.6) is 5.75 Å². The summed E-state index contributed by atoms with van der Waals surface area (Å²) in [6.07, 6.45) is 0. The van der Waals surface area contributed by atoms with Crippen molar-refractivity contribution in [2.45, 2.75) is 13.5 Å². The Labute approximate surface area is 163 Å². The van der Waals surface area contributed by atoms with Gasteiger partial charge in [-0.3, -0.25) is 9.59 Å². The summed E-state index contributed by atoms with van der Waals surface area (Å²) in [5, 5.41) is 10.8. The molecule has 0 fully saturated rings. The number of amides is 4. The van der Waals surface area contributed by atoms with Crippen LogP contribution in [-0.4, -0.2) is 38.0 Å². The lowest BCUT2D eigenvalue weighted by molar-refractivity contribution is -0.114. The van der Waals surface area contributed by atoms with Crippen LogP contribution in [-0.2, 0) is 11.3 Å². The predicted molar refractivity (Wildman–Crippen MR) is 106 cm³/mol. The first-order valence-electron chi connectivity index (χ1n) is 8.78. The second kappa shape index (κ2) is 10.6. The SMILES string of the molecule is COc1ccc(CNC(=O)NCCNC(=O)c2ccc(NC(C)=O)cc2)cc1. The molecular formula is C20H24N4O4. The fraction of sp³-hybridized carbons (Fsp3) is 0.250. The molecule has 2 aromatic rings. The molecule has 0 aliphatic carbocycles. The average molecular weight is 384 g/mol. The van der Waals surface area contributed by atoms with E-state index in [1.54, 1.807) is 31.4 Å². The van der Waals surface area contributed by atoms with Gasteiger partial charge in [0.15, 0.2) is 0 Å². The Morgan fingerprint density at radius 3 is 2.11 bits per heavy atom. The Hall–Kier alpha value is -3.55. The zero-order valence-corrected chi connectivity index (χ0v) is 15.9. The van der Waals surface area contributed by atoms with E-state index in [4.69, 9.17) is 4.74 Å². The summed E-state index contributed by atoms with van der Waals surface area (Å²) < 4.78 is 5.08. The smallest absolute Gasteiger partial charge is 0.315 e. The number of anilines is 1. The lowest BCUT2D eigenvalue weighted by Crippen LogP contribution is -2.40. The van der Waals surface area contributed by atoms with E-state index in [-0.39, 0.29) is 17.8 Å². The largest absolute Gasteiger partial charge is 0.497 e. The van der Waals surface area contributed by atoms with Crippen LogP contribution in [0.25, 0.3) is 0 Å². The molecular weight excluding hydrogens is 360 g/mol. The normalized spacial score (nSPS) is 9.93. The van der Waals surface area contributed by atoms with E-state index in [1.165, 1.54) is 6.92 Å². The van der Waals surface area contributed by atoms with Crippen molar-refractivity contribution in [1.82, 2.24) is 16.0 Å². The van der Waals surface area contributed by atoms with E-state index >= 15 is 0 Å². The summed E-state index contributed by atoms with van der Waals surface area (Å²) in [5.41, 5.74) is 2.05. The fourth-order valence-corrected chi connectivity index (χ4v) is 2.35. The Morgan fingerprint density at radius 1 is 0.857 bits per heavy atom. The van der Waals surface area contributed by atoms with Crippen molar-refractivity contribution >= 4 is 23.5 Å². The quantitative estimate of drug-likeness (QED) is 0.521. The lowest BCUT2D eigenvalue weighted by Gasteiger charge is -2.09. The van der Waals surface area contributed by atoms with E-state index in [2.05, 4.69) is 21.3 Å². The summed E-state index contributed by atoms with van der Waals surface area (Å²) >= 11 is 0. The molecule has 0 spiro atoms. The van der Waals surface area contributed by atoms with Gasteiger partial charge in [0.1, 0.15) is 5.75 Å². The highest BCUT2D eigenvalue weighted by Crippen LogP contribution is 2.11. The molecule has 0 atom stereocenters. The number of benzene rings is 2. The minimum atomic E-state index is -0.315. The highest BCUT2D eigenvalue weighted by atomic mass is 16.5. The summed E-state index contributed by atoms with van der Waals surface area (Å²) in [6.45, 7) is 2.40. The van der Waals surface area contributed by atoms with Crippen LogP contribution in [0.2, 0.25) is 0 Å². The highest BCUT2D eigenvalue weighted by Gasteiger charge is 2.06. The van der Waals surface area contributed by atoms with Gasteiger partial charge in [0, 0.05) is 37.8 Å². The first-order chi connectivity index (χ1) is 13.5. The van der Waals surface area contributed by atoms with Crippen LogP contribution in [0.15, 0.2) is 48.5 Å². The van der Waals surface area contributed by atoms with Crippen LogP contribution in [0, 0.1) is 0 Å². The Bertz CT molecular complexity index is 804. The molecule has 0 aliphatic heterocycles. The monoisotopic (exact) mass is 384 g/mol. The van der Waals surface area contributed by atoms with Gasteiger partial charge >= 0.3 is 6.03 Å². The maximum atomic E-state index is 12.0. The molecule has 0 aromatic heterocycles. The molecule has 8 nitrogen and oxygen atoms in total. The van der Waals surface area contributed by atoms with Gasteiger partial charge in [-0.2, -0.15) is 0 Å². The van der Waals surface area contributed by atoms with E-state index in [0.717, 1.165) is 11.3 Å². The van der Waals surface area contributed by atoms with Crippen LogP contribution in [0.3, 0.4) is 0 Å². The summed E-state index contributed by atoms with van der Waals surface area (Å²) in [5.74, 6) is 0.331. The van der Waals surface area contributed by atoms with Gasteiger partial charge in [0.2, 0.25) is 5.91 Å². The lowest BCUT2D eigenvalue weighted by atomic mass is 10.2. The molecule has 0 radical (unpaired) electrons. The molecule has 8 heteroatoms. The second-order valence-corrected chi connectivity index (χ2v) is 5.97. The van der Waals surface area contributed by atoms with E-state index in [1.807, 2.05) is 24.3 Å². The second-order valence-electron chi connectivity index (χ2n) is 5.97. The van der Waals surface area contributed by atoms with Crippen molar-refractivity contribution in [2.24, 2.45) is 0 Å². The van der Waals surface area contributed by atoms with Crippen molar-refractivity contribution in [3.63, 3.8) is 0 Å². The van der Waals surface area contributed by atoms with Gasteiger partial charge in [-0.1, -0.05) is 12.1 Å².